The minimum absolute atomic E-state index is 0.0965. The van der Waals surface area contributed by atoms with E-state index >= 15 is 0 Å². The molecule has 0 aliphatic rings. The largest absolute Gasteiger partial charge is 0.496 e. The first-order valence-corrected chi connectivity index (χ1v) is 9.50. The van der Waals surface area contributed by atoms with Crippen molar-refractivity contribution in [2.75, 3.05) is 27.3 Å². The van der Waals surface area contributed by atoms with E-state index in [1.54, 1.807) is 31.3 Å². The molecule has 140 valence electrons. The van der Waals surface area contributed by atoms with E-state index in [1.165, 1.54) is 30.2 Å². The summed E-state index contributed by atoms with van der Waals surface area (Å²) < 4.78 is 33.7. The van der Waals surface area contributed by atoms with Crippen LogP contribution in [0.15, 0.2) is 47.4 Å². The van der Waals surface area contributed by atoms with Gasteiger partial charge in [0.05, 0.1) is 29.1 Å². The lowest BCUT2D eigenvalue weighted by Gasteiger charge is -2.19. The highest BCUT2D eigenvalue weighted by atomic mass is 35.5. The molecule has 2 aromatic carbocycles. The van der Waals surface area contributed by atoms with Gasteiger partial charge in [0.1, 0.15) is 18.1 Å². The van der Waals surface area contributed by atoms with E-state index in [4.69, 9.17) is 26.2 Å². The molecule has 2 aromatic rings. The molecule has 2 N–H and O–H groups in total. The zero-order valence-corrected chi connectivity index (χ0v) is 15.9. The smallest absolute Gasteiger partial charge is 0.257 e. The van der Waals surface area contributed by atoms with Gasteiger partial charge in [-0.15, -0.1) is 0 Å². The number of likely N-dealkylation sites (N-methyl/N-ethyl adjacent to an activating group) is 1. The highest BCUT2D eigenvalue weighted by Gasteiger charge is 2.20. The van der Waals surface area contributed by atoms with Gasteiger partial charge in [0.25, 0.3) is 5.91 Å². The van der Waals surface area contributed by atoms with Crippen molar-refractivity contribution in [3.05, 3.63) is 53.1 Å². The SMILES string of the molecule is COc1ccc(S(N)(=O)=O)cc1C(=O)N(C)CCOc1ccccc1Cl. The van der Waals surface area contributed by atoms with Crippen molar-refractivity contribution in [1.82, 2.24) is 4.90 Å². The Labute approximate surface area is 157 Å². The van der Waals surface area contributed by atoms with E-state index in [0.717, 1.165) is 0 Å². The Morgan fingerprint density at radius 2 is 1.88 bits per heavy atom. The fourth-order valence-corrected chi connectivity index (χ4v) is 2.92. The van der Waals surface area contributed by atoms with Crippen molar-refractivity contribution < 1.29 is 22.7 Å². The molecule has 0 radical (unpaired) electrons. The zero-order valence-electron chi connectivity index (χ0n) is 14.3. The van der Waals surface area contributed by atoms with Gasteiger partial charge in [0.2, 0.25) is 10.0 Å². The van der Waals surface area contributed by atoms with Gasteiger partial charge in [0, 0.05) is 7.05 Å². The number of primary sulfonamides is 1. The van der Waals surface area contributed by atoms with Crippen LogP contribution in [0.1, 0.15) is 10.4 Å². The van der Waals surface area contributed by atoms with Crippen molar-refractivity contribution in [1.29, 1.82) is 0 Å². The summed E-state index contributed by atoms with van der Waals surface area (Å²) in [7, 11) is -0.970. The van der Waals surface area contributed by atoms with Crippen molar-refractivity contribution in [2.45, 2.75) is 4.90 Å². The molecule has 9 heteroatoms. The van der Waals surface area contributed by atoms with Crippen LogP contribution in [0.5, 0.6) is 11.5 Å². The number of benzene rings is 2. The number of rotatable bonds is 7. The number of ether oxygens (including phenoxy) is 2. The standard InChI is InChI=1S/C17H19ClN2O5S/c1-20(9-10-25-16-6-4-3-5-14(16)18)17(21)13-11-12(26(19,22)23)7-8-15(13)24-2/h3-8,11H,9-10H2,1-2H3,(H2,19,22,23). The van der Waals surface area contributed by atoms with Crippen molar-refractivity contribution >= 4 is 27.5 Å². The molecule has 2 rings (SSSR count). The monoisotopic (exact) mass is 398 g/mol. The van der Waals surface area contributed by atoms with Crippen molar-refractivity contribution in [3.8, 4) is 11.5 Å². The zero-order chi connectivity index (χ0) is 19.3. The van der Waals surface area contributed by atoms with E-state index in [2.05, 4.69) is 0 Å². The second-order valence-electron chi connectivity index (χ2n) is 5.41. The van der Waals surface area contributed by atoms with Crippen LogP contribution in [-0.2, 0) is 10.0 Å². The van der Waals surface area contributed by atoms with Gasteiger partial charge < -0.3 is 14.4 Å². The van der Waals surface area contributed by atoms with Crippen LogP contribution in [0.2, 0.25) is 5.02 Å². The first kappa shape index (κ1) is 20.0. The summed E-state index contributed by atoms with van der Waals surface area (Å²) in [5.41, 5.74) is 0.0965. The van der Waals surface area contributed by atoms with Gasteiger partial charge in [-0.3, -0.25) is 4.79 Å². The quantitative estimate of drug-likeness (QED) is 0.770. The molecular weight excluding hydrogens is 380 g/mol. The van der Waals surface area contributed by atoms with Gasteiger partial charge in [-0.05, 0) is 30.3 Å². The number of carbonyl (C=O) groups is 1. The Morgan fingerprint density at radius 3 is 2.50 bits per heavy atom. The number of hydrogen-bond acceptors (Lipinski definition) is 5. The number of hydrogen-bond donors (Lipinski definition) is 1. The van der Waals surface area contributed by atoms with Crippen LogP contribution >= 0.6 is 11.6 Å². The summed E-state index contributed by atoms with van der Waals surface area (Å²) in [6, 6.07) is 10.9. The first-order valence-electron chi connectivity index (χ1n) is 7.57. The molecule has 0 saturated heterocycles. The number of nitrogens with zero attached hydrogens (tertiary/aromatic N) is 1. The second kappa shape index (κ2) is 8.39. The number of nitrogens with two attached hydrogens (primary N) is 1. The molecule has 26 heavy (non-hydrogen) atoms. The molecule has 1 amide bonds. The number of halogens is 1. The lowest BCUT2D eigenvalue weighted by atomic mass is 10.1. The number of carbonyl (C=O) groups excluding carboxylic acids is 1. The van der Waals surface area contributed by atoms with Gasteiger partial charge >= 0.3 is 0 Å². The molecular formula is C17H19ClN2O5S. The highest BCUT2D eigenvalue weighted by molar-refractivity contribution is 7.89. The molecule has 0 spiro atoms. The van der Waals surface area contributed by atoms with Crippen LogP contribution in [0.3, 0.4) is 0 Å². The van der Waals surface area contributed by atoms with Crippen LogP contribution in [0.4, 0.5) is 0 Å². The minimum atomic E-state index is -3.93. The van der Waals surface area contributed by atoms with Crippen LogP contribution < -0.4 is 14.6 Å². The maximum absolute atomic E-state index is 12.6. The third-order valence-electron chi connectivity index (χ3n) is 3.60. The predicted octanol–water partition coefficient (Wildman–Crippen LogP) is 2.15. The summed E-state index contributed by atoms with van der Waals surface area (Å²) in [5.74, 6) is 0.347. The first-order chi connectivity index (χ1) is 12.2. The Balaban J connectivity index is 2.11. The lowest BCUT2D eigenvalue weighted by Crippen LogP contribution is -2.31. The highest BCUT2D eigenvalue weighted by Crippen LogP contribution is 2.24. The Bertz CT molecular complexity index is 902. The summed E-state index contributed by atoms with van der Waals surface area (Å²) in [6.45, 7) is 0.468. The van der Waals surface area contributed by atoms with Crippen LogP contribution in [0.25, 0.3) is 0 Å². The van der Waals surface area contributed by atoms with E-state index in [-0.39, 0.29) is 29.4 Å². The molecule has 0 aliphatic heterocycles. The van der Waals surface area contributed by atoms with Gasteiger partial charge in [-0.25, -0.2) is 13.6 Å². The maximum Gasteiger partial charge on any atom is 0.257 e. The van der Waals surface area contributed by atoms with Crippen LogP contribution in [0, 0.1) is 0 Å². The minimum Gasteiger partial charge on any atom is -0.496 e. The lowest BCUT2D eigenvalue weighted by molar-refractivity contribution is 0.0770. The maximum atomic E-state index is 12.6. The topological polar surface area (TPSA) is 98.9 Å². The Morgan fingerprint density at radius 1 is 1.19 bits per heavy atom. The fourth-order valence-electron chi connectivity index (χ4n) is 2.19. The van der Waals surface area contributed by atoms with E-state index in [9.17, 15) is 13.2 Å². The Kier molecular flexibility index (Phi) is 6.47. The molecule has 7 nitrogen and oxygen atoms in total. The predicted molar refractivity (Wildman–Crippen MR) is 98.3 cm³/mol. The van der Waals surface area contributed by atoms with Crippen molar-refractivity contribution in [2.24, 2.45) is 5.14 Å². The molecule has 0 bridgehead atoms. The molecule has 0 unspecified atom stereocenters. The number of sulfonamides is 1. The molecule has 0 heterocycles. The van der Waals surface area contributed by atoms with E-state index in [0.29, 0.717) is 10.8 Å². The summed E-state index contributed by atoms with van der Waals surface area (Å²) in [5, 5.41) is 5.60. The second-order valence-corrected chi connectivity index (χ2v) is 7.38. The number of amides is 1. The van der Waals surface area contributed by atoms with Gasteiger partial charge in [0.15, 0.2) is 0 Å². The number of methoxy groups -OCH3 is 1. The summed E-state index contributed by atoms with van der Waals surface area (Å²) >= 11 is 6.01. The third kappa shape index (κ3) is 4.87. The molecule has 0 aliphatic carbocycles. The van der Waals surface area contributed by atoms with Gasteiger partial charge in [-0.1, -0.05) is 23.7 Å². The summed E-state index contributed by atoms with van der Waals surface area (Å²) in [4.78, 5) is 13.9. The summed E-state index contributed by atoms with van der Waals surface area (Å²) in [6.07, 6.45) is 0. The molecule has 0 saturated carbocycles. The van der Waals surface area contributed by atoms with E-state index in [1.807, 2.05) is 0 Å². The van der Waals surface area contributed by atoms with Crippen LogP contribution in [-0.4, -0.2) is 46.5 Å². The van der Waals surface area contributed by atoms with Crippen molar-refractivity contribution in [3.63, 3.8) is 0 Å². The van der Waals surface area contributed by atoms with Gasteiger partial charge in [-0.2, -0.15) is 0 Å². The Hall–Kier alpha value is -2.29. The molecule has 0 fully saturated rings. The third-order valence-corrected chi connectivity index (χ3v) is 4.82. The molecule has 0 aromatic heterocycles. The molecule has 0 atom stereocenters. The number of para-hydroxylation sites is 1. The fraction of sp³-hybridized carbons (Fsp3) is 0.235. The van der Waals surface area contributed by atoms with E-state index < -0.39 is 15.9 Å². The normalized spacial score (nSPS) is 11.1. The average molecular weight is 399 g/mol. The average Bonchev–Trinajstić information content (AvgIpc) is 2.61.